The standard InChI is InChI=1S/C19H18N6O3/c1-11-4-5-21-9-13(11)15-7-12-8-16(22-10-14(12)18(20)23-15)25(19(27)28)24-6-2-3-17(24)26/h4-5,7-10H,2-3,6H2,1H3,(H2,20,23)(H,27,28). The van der Waals surface area contributed by atoms with Gasteiger partial charge in [-0.2, -0.15) is 5.01 Å². The van der Waals surface area contributed by atoms with Crippen LogP contribution in [0.5, 0.6) is 0 Å². The van der Waals surface area contributed by atoms with Gasteiger partial charge >= 0.3 is 6.09 Å². The summed E-state index contributed by atoms with van der Waals surface area (Å²) < 4.78 is 0. The minimum Gasteiger partial charge on any atom is -0.463 e. The second-order valence-electron chi connectivity index (χ2n) is 6.56. The second-order valence-corrected chi connectivity index (χ2v) is 6.56. The summed E-state index contributed by atoms with van der Waals surface area (Å²) in [4.78, 5) is 36.6. The SMILES string of the molecule is Cc1ccncc1-c1cc2cc(N(C(=O)O)N3CCCC3=O)ncc2c(N)n1. The quantitative estimate of drug-likeness (QED) is 0.717. The van der Waals surface area contributed by atoms with Crippen molar-refractivity contribution in [3.8, 4) is 11.3 Å². The van der Waals surface area contributed by atoms with Crippen LogP contribution in [0.15, 0.2) is 36.8 Å². The third-order valence-corrected chi connectivity index (χ3v) is 4.73. The van der Waals surface area contributed by atoms with Gasteiger partial charge in [-0.1, -0.05) is 0 Å². The minimum absolute atomic E-state index is 0.134. The summed E-state index contributed by atoms with van der Waals surface area (Å²) in [6.45, 7) is 2.28. The highest BCUT2D eigenvalue weighted by Crippen LogP contribution is 2.30. The molecular weight excluding hydrogens is 360 g/mol. The van der Waals surface area contributed by atoms with Gasteiger partial charge in [-0.15, -0.1) is 0 Å². The molecule has 4 rings (SSSR count). The van der Waals surface area contributed by atoms with Crippen LogP contribution >= 0.6 is 0 Å². The lowest BCUT2D eigenvalue weighted by molar-refractivity contribution is -0.128. The van der Waals surface area contributed by atoms with Crippen molar-refractivity contribution in [2.75, 3.05) is 17.3 Å². The summed E-state index contributed by atoms with van der Waals surface area (Å²) in [5, 5.41) is 13.0. The predicted octanol–water partition coefficient (Wildman–Crippen LogP) is 2.60. The molecule has 0 bridgehead atoms. The lowest BCUT2D eigenvalue weighted by atomic mass is 10.1. The van der Waals surface area contributed by atoms with Gasteiger partial charge in [-0.05, 0) is 42.5 Å². The van der Waals surface area contributed by atoms with E-state index in [1.54, 1.807) is 18.5 Å². The molecule has 0 aromatic carbocycles. The molecular formula is C19H18N6O3. The van der Waals surface area contributed by atoms with Crippen LogP contribution in [0.4, 0.5) is 16.4 Å². The number of carbonyl (C=O) groups excluding carboxylic acids is 1. The molecule has 9 heteroatoms. The molecule has 142 valence electrons. The van der Waals surface area contributed by atoms with E-state index in [1.165, 1.54) is 11.2 Å². The number of nitrogen functional groups attached to an aromatic ring is 1. The van der Waals surface area contributed by atoms with Gasteiger partial charge < -0.3 is 10.8 Å². The van der Waals surface area contributed by atoms with Crippen molar-refractivity contribution in [1.29, 1.82) is 0 Å². The number of amides is 2. The highest BCUT2D eigenvalue weighted by Gasteiger charge is 2.32. The van der Waals surface area contributed by atoms with Crippen LogP contribution < -0.4 is 10.7 Å². The molecule has 4 heterocycles. The molecule has 28 heavy (non-hydrogen) atoms. The molecule has 0 atom stereocenters. The summed E-state index contributed by atoms with van der Waals surface area (Å²) in [6, 6.07) is 5.29. The Hall–Kier alpha value is -3.75. The van der Waals surface area contributed by atoms with Gasteiger partial charge in [0.1, 0.15) is 5.82 Å². The van der Waals surface area contributed by atoms with Crippen LogP contribution in [-0.2, 0) is 4.79 Å². The molecule has 3 aromatic rings. The Morgan fingerprint density at radius 1 is 1.32 bits per heavy atom. The molecule has 0 radical (unpaired) electrons. The summed E-state index contributed by atoms with van der Waals surface area (Å²) in [5.74, 6) is 0.175. The zero-order valence-corrected chi connectivity index (χ0v) is 15.2. The van der Waals surface area contributed by atoms with Crippen LogP contribution in [0, 0.1) is 6.92 Å². The van der Waals surface area contributed by atoms with Crippen LogP contribution in [0.2, 0.25) is 0 Å². The summed E-state index contributed by atoms with van der Waals surface area (Å²) in [5.41, 5.74) is 8.56. The maximum absolute atomic E-state index is 12.0. The van der Waals surface area contributed by atoms with Crippen molar-refractivity contribution in [3.05, 3.63) is 42.4 Å². The highest BCUT2D eigenvalue weighted by atomic mass is 16.4. The van der Waals surface area contributed by atoms with E-state index < -0.39 is 6.09 Å². The number of fused-ring (bicyclic) bond motifs is 1. The Labute approximate surface area is 160 Å². The molecule has 1 saturated heterocycles. The van der Waals surface area contributed by atoms with E-state index in [-0.39, 0.29) is 17.5 Å². The monoisotopic (exact) mass is 378 g/mol. The van der Waals surface area contributed by atoms with Crippen molar-refractivity contribution in [3.63, 3.8) is 0 Å². The summed E-state index contributed by atoms with van der Waals surface area (Å²) in [7, 11) is 0. The predicted molar refractivity (Wildman–Crippen MR) is 103 cm³/mol. The van der Waals surface area contributed by atoms with Crippen molar-refractivity contribution < 1.29 is 14.7 Å². The molecule has 2 amide bonds. The maximum Gasteiger partial charge on any atom is 0.432 e. The zero-order valence-electron chi connectivity index (χ0n) is 15.2. The first-order valence-electron chi connectivity index (χ1n) is 8.76. The Kier molecular flexibility index (Phi) is 4.26. The Morgan fingerprint density at radius 3 is 2.82 bits per heavy atom. The minimum atomic E-state index is -1.27. The summed E-state index contributed by atoms with van der Waals surface area (Å²) in [6.07, 6.45) is 4.53. The molecule has 0 unspecified atom stereocenters. The Balaban J connectivity index is 1.84. The molecule has 0 saturated carbocycles. The molecule has 0 spiro atoms. The van der Waals surface area contributed by atoms with Gasteiger partial charge in [0.2, 0.25) is 5.91 Å². The lowest BCUT2D eigenvalue weighted by Gasteiger charge is -2.27. The smallest absolute Gasteiger partial charge is 0.432 e. The first kappa shape index (κ1) is 17.7. The van der Waals surface area contributed by atoms with Gasteiger partial charge in [0, 0.05) is 42.5 Å². The van der Waals surface area contributed by atoms with Crippen LogP contribution in [0.25, 0.3) is 22.0 Å². The van der Waals surface area contributed by atoms with E-state index in [0.29, 0.717) is 35.9 Å². The number of rotatable bonds is 3. The van der Waals surface area contributed by atoms with Gasteiger partial charge in [-0.25, -0.2) is 19.8 Å². The van der Waals surface area contributed by atoms with Crippen molar-refractivity contribution in [2.24, 2.45) is 0 Å². The third-order valence-electron chi connectivity index (χ3n) is 4.73. The number of pyridine rings is 3. The molecule has 1 aliphatic rings. The van der Waals surface area contributed by atoms with Crippen molar-refractivity contribution in [1.82, 2.24) is 20.0 Å². The average molecular weight is 378 g/mol. The van der Waals surface area contributed by atoms with Crippen LogP contribution in [0.3, 0.4) is 0 Å². The van der Waals surface area contributed by atoms with E-state index >= 15 is 0 Å². The van der Waals surface area contributed by atoms with Crippen LogP contribution in [-0.4, -0.2) is 43.6 Å². The molecule has 0 aliphatic carbocycles. The third kappa shape index (κ3) is 2.96. The Bertz CT molecular complexity index is 1100. The number of anilines is 2. The largest absolute Gasteiger partial charge is 0.463 e. The van der Waals surface area contributed by atoms with Crippen LogP contribution in [0.1, 0.15) is 18.4 Å². The number of hydrogen-bond acceptors (Lipinski definition) is 6. The highest BCUT2D eigenvalue weighted by molar-refractivity contribution is 5.97. The average Bonchev–Trinajstić information content (AvgIpc) is 3.07. The molecule has 9 nitrogen and oxygen atoms in total. The Morgan fingerprint density at radius 2 is 2.14 bits per heavy atom. The van der Waals surface area contributed by atoms with E-state index in [9.17, 15) is 14.7 Å². The fraction of sp³-hybridized carbons (Fsp3) is 0.211. The van der Waals surface area contributed by atoms with Gasteiger partial charge in [-0.3, -0.25) is 9.78 Å². The number of nitrogens with zero attached hydrogens (tertiary/aromatic N) is 5. The molecule has 1 fully saturated rings. The normalized spacial score (nSPS) is 13.9. The van der Waals surface area contributed by atoms with E-state index in [0.717, 1.165) is 16.1 Å². The molecule has 3 N–H and O–H groups in total. The first-order valence-corrected chi connectivity index (χ1v) is 8.76. The number of hydrogen-bond donors (Lipinski definition) is 2. The fourth-order valence-electron chi connectivity index (χ4n) is 3.32. The van der Waals surface area contributed by atoms with E-state index in [1.807, 2.05) is 19.1 Å². The number of aromatic nitrogens is 3. The zero-order chi connectivity index (χ0) is 19.8. The summed E-state index contributed by atoms with van der Waals surface area (Å²) >= 11 is 0. The second kappa shape index (κ2) is 6.76. The van der Waals surface area contributed by atoms with Crippen molar-refractivity contribution in [2.45, 2.75) is 19.8 Å². The number of carboxylic acid groups (broad SMARTS) is 1. The number of carbonyl (C=O) groups is 2. The van der Waals surface area contributed by atoms with E-state index in [4.69, 9.17) is 5.73 Å². The number of nitrogens with two attached hydrogens (primary N) is 1. The van der Waals surface area contributed by atoms with Gasteiger partial charge in [0.25, 0.3) is 0 Å². The fourth-order valence-corrected chi connectivity index (χ4v) is 3.32. The first-order chi connectivity index (χ1) is 13.5. The van der Waals surface area contributed by atoms with Crippen molar-refractivity contribution >= 4 is 34.4 Å². The van der Waals surface area contributed by atoms with E-state index in [2.05, 4.69) is 15.0 Å². The molecule has 3 aromatic heterocycles. The van der Waals surface area contributed by atoms with Gasteiger partial charge in [0.15, 0.2) is 5.82 Å². The van der Waals surface area contributed by atoms with Gasteiger partial charge in [0.05, 0.1) is 5.69 Å². The number of aryl methyl sites for hydroxylation is 1. The number of hydrazine groups is 1. The lowest BCUT2D eigenvalue weighted by Crippen LogP contribution is -2.47. The maximum atomic E-state index is 12.0. The molecule has 1 aliphatic heterocycles. The topological polar surface area (TPSA) is 126 Å².